The molecule has 4 heterocycles. The number of hydrogen-bond donors (Lipinski definition) is 0. The van der Waals surface area contributed by atoms with Crippen LogP contribution in [0.4, 0.5) is 5.13 Å². The van der Waals surface area contributed by atoms with Crippen molar-refractivity contribution < 1.29 is 0 Å². The van der Waals surface area contributed by atoms with Gasteiger partial charge in [-0.25, -0.2) is 4.98 Å². The van der Waals surface area contributed by atoms with Gasteiger partial charge in [0.15, 0.2) is 0 Å². The van der Waals surface area contributed by atoms with Crippen molar-refractivity contribution >= 4 is 21.4 Å². The second-order valence-electron chi connectivity index (χ2n) is 6.55. The molecule has 6 nitrogen and oxygen atoms in total. The van der Waals surface area contributed by atoms with Gasteiger partial charge in [0.2, 0.25) is 10.1 Å². The van der Waals surface area contributed by atoms with Crippen LogP contribution in [0.3, 0.4) is 0 Å². The van der Waals surface area contributed by atoms with E-state index in [0.29, 0.717) is 6.04 Å². The van der Waals surface area contributed by atoms with E-state index in [1.807, 2.05) is 0 Å². The van der Waals surface area contributed by atoms with Gasteiger partial charge in [0, 0.05) is 37.4 Å². The molecule has 124 valence electrons. The average molecular weight is 333 g/mol. The van der Waals surface area contributed by atoms with Crippen LogP contribution in [0, 0.1) is 0 Å². The van der Waals surface area contributed by atoms with E-state index < -0.39 is 0 Å². The molecule has 0 bridgehead atoms. The first-order valence-corrected chi connectivity index (χ1v) is 9.45. The summed E-state index contributed by atoms with van der Waals surface area (Å²) in [4.78, 5) is 22.5. The average Bonchev–Trinajstić information content (AvgIpc) is 2.99. The molecule has 0 aromatic carbocycles. The van der Waals surface area contributed by atoms with E-state index in [4.69, 9.17) is 0 Å². The van der Waals surface area contributed by atoms with Crippen molar-refractivity contribution in [1.82, 2.24) is 19.5 Å². The van der Waals surface area contributed by atoms with E-state index in [0.717, 1.165) is 48.3 Å². The van der Waals surface area contributed by atoms with Gasteiger partial charge in [0.1, 0.15) is 0 Å². The summed E-state index contributed by atoms with van der Waals surface area (Å²) in [7, 11) is 0. The Balaban J connectivity index is 1.61. The summed E-state index contributed by atoms with van der Waals surface area (Å²) in [5, 5.41) is 5.48. The van der Waals surface area contributed by atoms with Crippen molar-refractivity contribution in [3.63, 3.8) is 0 Å². The molecule has 1 atom stereocenters. The maximum Gasteiger partial charge on any atom is 0.275 e. The number of aromatic nitrogens is 3. The summed E-state index contributed by atoms with van der Waals surface area (Å²) in [6.45, 7) is 6.46. The van der Waals surface area contributed by atoms with Crippen LogP contribution >= 0.6 is 11.3 Å². The lowest BCUT2D eigenvalue weighted by atomic mass is 10.00. The van der Waals surface area contributed by atoms with Gasteiger partial charge >= 0.3 is 0 Å². The number of piperidine rings is 1. The van der Waals surface area contributed by atoms with Gasteiger partial charge in [-0.05, 0) is 25.8 Å². The van der Waals surface area contributed by atoms with Crippen LogP contribution in [0.25, 0.3) is 4.96 Å². The van der Waals surface area contributed by atoms with Crippen LogP contribution < -0.4 is 10.5 Å². The first-order valence-electron chi connectivity index (χ1n) is 8.63. The second kappa shape index (κ2) is 6.20. The highest BCUT2D eigenvalue weighted by Gasteiger charge is 2.30. The van der Waals surface area contributed by atoms with Gasteiger partial charge in [-0.2, -0.15) is 4.52 Å². The Morgan fingerprint density at radius 3 is 3.09 bits per heavy atom. The summed E-state index contributed by atoms with van der Waals surface area (Å²) >= 11 is 1.55. The first kappa shape index (κ1) is 15.1. The Hall–Kier alpha value is -1.47. The minimum Gasteiger partial charge on any atom is -0.344 e. The van der Waals surface area contributed by atoms with Crippen LogP contribution in [0.1, 0.15) is 38.3 Å². The Kier molecular flexibility index (Phi) is 4.07. The summed E-state index contributed by atoms with van der Waals surface area (Å²) < 4.78 is 1.46. The maximum atomic E-state index is 12.2. The van der Waals surface area contributed by atoms with Crippen molar-refractivity contribution in [3.8, 4) is 0 Å². The molecule has 1 unspecified atom stereocenters. The van der Waals surface area contributed by atoms with E-state index in [-0.39, 0.29) is 5.56 Å². The fourth-order valence-corrected chi connectivity index (χ4v) is 4.65. The zero-order chi connectivity index (χ0) is 15.8. The number of anilines is 1. The number of rotatable bonds is 3. The van der Waals surface area contributed by atoms with E-state index in [9.17, 15) is 4.79 Å². The Bertz CT molecular complexity index is 754. The van der Waals surface area contributed by atoms with E-state index >= 15 is 0 Å². The van der Waals surface area contributed by atoms with Crippen molar-refractivity contribution in [2.75, 3.05) is 31.1 Å². The Labute approximate surface area is 139 Å². The van der Waals surface area contributed by atoms with Crippen LogP contribution in [-0.2, 0) is 6.42 Å². The van der Waals surface area contributed by atoms with E-state index in [1.165, 1.54) is 30.3 Å². The fourth-order valence-electron chi connectivity index (χ4n) is 3.69. The number of aryl methyl sites for hydroxylation is 1. The molecule has 2 saturated heterocycles. The minimum atomic E-state index is -0.0581. The quantitative estimate of drug-likeness (QED) is 0.857. The maximum absolute atomic E-state index is 12.2. The van der Waals surface area contributed by atoms with Crippen molar-refractivity contribution in [3.05, 3.63) is 22.1 Å². The van der Waals surface area contributed by atoms with Gasteiger partial charge in [0.25, 0.3) is 5.56 Å². The summed E-state index contributed by atoms with van der Waals surface area (Å²) in [6, 6.07) is 2.27. The molecule has 2 aliphatic rings. The van der Waals surface area contributed by atoms with Crippen molar-refractivity contribution in [2.24, 2.45) is 0 Å². The highest BCUT2D eigenvalue weighted by molar-refractivity contribution is 7.20. The fraction of sp³-hybridized carbons (Fsp3) is 0.688. The minimum absolute atomic E-state index is 0.0581. The van der Waals surface area contributed by atoms with E-state index in [1.54, 1.807) is 17.4 Å². The first-order chi connectivity index (χ1) is 11.2. The second-order valence-corrected chi connectivity index (χ2v) is 7.48. The normalized spacial score (nSPS) is 22.5. The zero-order valence-corrected chi connectivity index (χ0v) is 14.4. The molecule has 23 heavy (non-hydrogen) atoms. The lowest BCUT2D eigenvalue weighted by Crippen LogP contribution is -2.54. The molecule has 2 aromatic rings. The molecule has 4 rings (SSSR count). The van der Waals surface area contributed by atoms with Gasteiger partial charge in [0.05, 0.1) is 0 Å². The number of fused-ring (bicyclic) bond motifs is 2. The summed E-state index contributed by atoms with van der Waals surface area (Å²) in [5.41, 5.74) is 0.821. The molecule has 0 saturated carbocycles. The molecule has 2 aromatic heterocycles. The topological polar surface area (TPSA) is 53.7 Å². The Morgan fingerprint density at radius 1 is 1.30 bits per heavy atom. The standard InChI is InChI=1S/C16H23N5OS/c1-2-5-12-10-14(22)21-15(17-12)23-16(18-21)20-9-8-19-7-4-3-6-13(19)11-20/h10,13H,2-9,11H2,1H3. The molecule has 0 aliphatic carbocycles. The number of piperazine rings is 1. The molecule has 0 amide bonds. The molecule has 0 radical (unpaired) electrons. The highest BCUT2D eigenvalue weighted by Crippen LogP contribution is 2.27. The predicted octanol–water partition coefficient (Wildman–Crippen LogP) is 1.78. The van der Waals surface area contributed by atoms with Crippen LogP contribution in [0.2, 0.25) is 0 Å². The molecule has 0 spiro atoms. The lowest BCUT2D eigenvalue weighted by molar-refractivity contribution is 0.133. The largest absolute Gasteiger partial charge is 0.344 e. The number of hydrogen-bond acceptors (Lipinski definition) is 6. The van der Waals surface area contributed by atoms with Crippen molar-refractivity contribution in [2.45, 2.75) is 45.1 Å². The molecular weight excluding hydrogens is 310 g/mol. The van der Waals surface area contributed by atoms with Crippen molar-refractivity contribution in [1.29, 1.82) is 0 Å². The highest BCUT2D eigenvalue weighted by atomic mass is 32.1. The Morgan fingerprint density at radius 2 is 2.22 bits per heavy atom. The third-order valence-corrected chi connectivity index (χ3v) is 5.87. The molecule has 2 aliphatic heterocycles. The van der Waals surface area contributed by atoms with Gasteiger partial charge in [-0.3, -0.25) is 9.69 Å². The predicted molar refractivity (Wildman–Crippen MR) is 92.6 cm³/mol. The SMILES string of the molecule is CCCc1cc(=O)n2nc(N3CCN4CCCCC4C3)sc2n1. The third kappa shape index (κ3) is 2.87. The summed E-state index contributed by atoms with van der Waals surface area (Å²) in [5.74, 6) is 0. The van der Waals surface area contributed by atoms with Crippen LogP contribution in [-0.4, -0.2) is 51.7 Å². The van der Waals surface area contributed by atoms with Crippen LogP contribution in [0.15, 0.2) is 10.9 Å². The molecule has 2 fully saturated rings. The zero-order valence-electron chi connectivity index (χ0n) is 13.6. The third-order valence-electron chi connectivity index (χ3n) is 4.90. The van der Waals surface area contributed by atoms with Gasteiger partial charge in [-0.15, -0.1) is 5.10 Å². The molecule has 0 N–H and O–H groups in total. The van der Waals surface area contributed by atoms with E-state index in [2.05, 4.69) is 26.8 Å². The van der Waals surface area contributed by atoms with Gasteiger partial charge in [-0.1, -0.05) is 31.1 Å². The molecular formula is C16H23N5OS. The molecule has 7 heteroatoms. The smallest absolute Gasteiger partial charge is 0.275 e. The monoisotopic (exact) mass is 333 g/mol. The number of nitrogens with zero attached hydrogens (tertiary/aromatic N) is 5. The lowest BCUT2D eigenvalue weighted by Gasteiger charge is -2.43. The van der Waals surface area contributed by atoms with Gasteiger partial charge < -0.3 is 4.90 Å². The summed E-state index contributed by atoms with van der Waals surface area (Å²) in [6.07, 6.45) is 5.78. The van der Waals surface area contributed by atoms with Crippen LogP contribution in [0.5, 0.6) is 0 Å².